The number of aryl methyl sites for hydroxylation is 2. The molecule has 0 spiro atoms. The lowest BCUT2D eigenvalue weighted by molar-refractivity contribution is -0.119. The van der Waals surface area contributed by atoms with Gasteiger partial charge in [0.25, 0.3) is 5.91 Å². The van der Waals surface area contributed by atoms with E-state index in [4.69, 9.17) is 16.3 Å². The van der Waals surface area contributed by atoms with E-state index in [-0.39, 0.29) is 17.4 Å². The molecule has 9 heteroatoms. The molecule has 0 saturated heterocycles. The van der Waals surface area contributed by atoms with Gasteiger partial charge in [0.05, 0.1) is 16.3 Å². The van der Waals surface area contributed by atoms with Crippen molar-refractivity contribution in [1.82, 2.24) is 0 Å². The van der Waals surface area contributed by atoms with Gasteiger partial charge in [0.2, 0.25) is 11.8 Å². The Morgan fingerprint density at radius 3 is 1.93 bits per heavy atom. The Bertz CT molecular complexity index is 962. The van der Waals surface area contributed by atoms with E-state index in [1.54, 1.807) is 13.0 Å². The minimum absolute atomic E-state index is 0.0577. The van der Waals surface area contributed by atoms with Crippen LogP contribution in [0.25, 0.3) is 0 Å². The molecule has 2 rings (SSSR count). The maximum Gasteiger partial charge on any atom is 0.338 e. The average Bonchev–Trinajstić information content (AvgIpc) is 2.61. The normalized spacial score (nSPS) is 10.2. The molecule has 0 heterocycles. The summed E-state index contributed by atoms with van der Waals surface area (Å²) in [7, 11) is 0. The van der Waals surface area contributed by atoms with E-state index in [1.165, 1.54) is 32.0 Å². The van der Waals surface area contributed by atoms with Crippen LogP contribution in [0, 0.1) is 13.8 Å². The molecule has 0 saturated carbocycles. The summed E-state index contributed by atoms with van der Waals surface area (Å²) in [5.41, 5.74) is 2.84. The molecule has 158 valence electrons. The summed E-state index contributed by atoms with van der Waals surface area (Å²) in [6.45, 7) is 5.77. The highest BCUT2D eigenvalue weighted by molar-refractivity contribution is 6.34. The first-order valence-corrected chi connectivity index (χ1v) is 9.37. The first kappa shape index (κ1) is 22.9. The Balaban J connectivity index is 2.10. The fraction of sp³-hybridized carbons (Fsp3) is 0.238. The van der Waals surface area contributed by atoms with Crippen LogP contribution in [-0.4, -0.2) is 30.3 Å². The van der Waals surface area contributed by atoms with Gasteiger partial charge in [0, 0.05) is 25.2 Å². The van der Waals surface area contributed by atoms with Gasteiger partial charge in [-0.3, -0.25) is 14.4 Å². The molecule has 0 fully saturated rings. The monoisotopic (exact) mass is 431 g/mol. The van der Waals surface area contributed by atoms with Gasteiger partial charge in [0.15, 0.2) is 6.61 Å². The Morgan fingerprint density at radius 1 is 0.867 bits per heavy atom. The molecule has 0 atom stereocenters. The third-order valence-electron chi connectivity index (χ3n) is 3.84. The lowest BCUT2D eigenvalue weighted by atomic mass is 10.1. The highest BCUT2D eigenvalue weighted by atomic mass is 35.5. The first-order chi connectivity index (χ1) is 14.0. The minimum atomic E-state index is -0.796. The van der Waals surface area contributed by atoms with Gasteiger partial charge in [-0.15, -0.1) is 0 Å². The molecule has 0 radical (unpaired) electrons. The number of ether oxygens (including phenoxy) is 1. The molecule has 0 aliphatic carbocycles. The second-order valence-electron chi connectivity index (χ2n) is 6.72. The van der Waals surface area contributed by atoms with Crippen LogP contribution in [0.4, 0.5) is 17.1 Å². The summed E-state index contributed by atoms with van der Waals surface area (Å²) in [5, 5.41) is 8.08. The first-order valence-electron chi connectivity index (χ1n) is 8.99. The number of benzene rings is 2. The smallest absolute Gasteiger partial charge is 0.338 e. The fourth-order valence-corrected chi connectivity index (χ4v) is 3.13. The van der Waals surface area contributed by atoms with Gasteiger partial charge < -0.3 is 20.7 Å². The van der Waals surface area contributed by atoms with Gasteiger partial charge in [-0.25, -0.2) is 4.79 Å². The SMILES string of the molecule is CC(=O)Nc1cc(NC(C)=O)cc(C(=O)OCC(=O)Nc2c(C)cc(C)cc2Cl)c1. The summed E-state index contributed by atoms with van der Waals surface area (Å²) < 4.78 is 5.07. The summed E-state index contributed by atoms with van der Waals surface area (Å²) in [4.78, 5) is 47.2. The second-order valence-corrected chi connectivity index (χ2v) is 7.13. The molecule has 2 aromatic rings. The maximum atomic E-state index is 12.4. The van der Waals surface area contributed by atoms with Crippen molar-refractivity contribution in [3.05, 3.63) is 52.0 Å². The quantitative estimate of drug-likeness (QED) is 0.604. The van der Waals surface area contributed by atoms with Gasteiger partial charge in [-0.2, -0.15) is 0 Å². The molecular weight excluding hydrogens is 410 g/mol. The number of anilines is 3. The van der Waals surface area contributed by atoms with Crippen LogP contribution in [0.2, 0.25) is 5.02 Å². The van der Waals surface area contributed by atoms with Crippen molar-refractivity contribution >= 4 is 52.4 Å². The number of esters is 1. The number of carbonyl (C=O) groups is 4. The summed E-state index contributed by atoms with van der Waals surface area (Å²) in [6, 6.07) is 7.84. The molecule has 0 aliphatic rings. The van der Waals surface area contributed by atoms with E-state index < -0.39 is 18.5 Å². The Morgan fingerprint density at radius 2 is 1.43 bits per heavy atom. The van der Waals surface area contributed by atoms with Crippen LogP contribution in [0.15, 0.2) is 30.3 Å². The largest absolute Gasteiger partial charge is 0.452 e. The van der Waals surface area contributed by atoms with Gasteiger partial charge in [-0.1, -0.05) is 17.7 Å². The third-order valence-corrected chi connectivity index (χ3v) is 4.14. The number of halogens is 1. The zero-order valence-electron chi connectivity index (χ0n) is 17.0. The maximum absolute atomic E-state index is 12.4. The molecule has 0 aliphatic heterocycles. The number of rotatable bonds is 6. The Hall–Kier alpha value is -3.39. The van der Waals surface area contributed by atoms with Crippen LogP contribution in [0.3, 0.4) is 0 Å². The van der Waals surface area contributed by atoms with E-state index in [1.807, 2.05) is 13.0 Å². The van der Waals surface area contributed by atoms with Crippen LogP contribution < -0.4 is 16.0 Å². The minimum Gasteiger partial charge on any atom is -0.452 e. The number of carbonyl (C=O) groups excluding carboxylic acids is 4. The summed E-state index contributed by atoms with van der Waals surface area (Å²) >= 11 is 6.16. The van der Waals surface area contributed by atoms with Gasteiger partial charge >= 0.3 is 5.97 Å². The van der Waals surface area contributed by atoms with Crippen molar-refractivity contribution in [2.24, 2.45) is 0 Å². The molecule has 3 amide bonds. The van der Waals surface area contributed by atoms with Crippen LogP contribution >= 0.6 is 11.6 Å². The Labute approximate surface area is 178 Å². The van der Waals surface area contributed by atoms with Crippen molar-refractivity contribution in [2.75, 3.05) is 22.6 Å². The van der Waals surface area contributed by atoms with Crippen LogP contribution in [-0.2, 0) is 19.1 Å². The highest BCUT2D eigenvalue weighted by Gasteiger charge is 2.15. The zero-order valence-corrected chi connectivity index (χ0v) is 17.8. The molecule has 0 aromatic heterocycles. The third kappa shape index (κ3) is 6.59. The van der Waals surface area contributed by atoms with Gasteiger partial charge in [0.1, 0.15) is 0 Å². The van der Waals surface area contributed by atoms with Crippen molar-refractivity contribution < 1.29 is 23.9 Å². The van der Waals surface area contributed by atoms with Crippen molar-refractivity contribution in [2.45, 2.75) is 27.7 Å². The van der Waals surface area contributed by atoms with E-state index in [0.29, 0.717) is 22.1 Å². The Kier molecular flexibility index (Phi) is 7.54. The fourth-order valence-electron chi connectivity index (χ4n) is 2.76. The summed E-state index contributed by atoms with van der Waals surface area (Å²) in [6.07, 6.45) is 0. The van der Waals surface area contributed by atoms with E-state index >= 15 is 0 Å². The summed E-state index contributed by atoms with van der Waals surface area (Å²) in [5.74, 6) is -2.05. The van der Waals surface area contributed by atoms with E-state index in [2.05, 4.69) is 16.0 Å². The number of hydrogen-bond donors (Lipinski definition) is 3. The van der Waals surface area contributed by atoms with E-state index in [9.17, 15) is 19.2 Å². The van der Waals surface area contributed by atoms with Crippen molar-refractivity contribution in [3.8, 4) is 0 Å². The highest BCUT2D eigenvalue weighted by Crippen LogP contribution is 2.27. The predicted molar refractivity (Wildman–Crippen MR) is 115 cm³/mol. The molecule has 0 bridgehead atoms. The molecule has 30 heavy (non-hydrogen) atoms. The molecule has 8 nitrogen and oxygen atoms in total. The topological polar surface area (TPSA) is 114 Å². The van der Waals surface area contributed by atoms with Crippen LogP contribution in [0.5, 0.6) is 0 Å². The number of hydrogen-bond acceptors (Lipinski definition) is 5. The number of nitrogens with one attached hydrogen (secondary N) is 3. The molecule has 0 unspecified atom stereocenters. The van der Waals surface area contributed by atoms with Crippen molar-refractivity contribution in [1.29, 1.82) is 0 Å². The predicted octanol–water partition coefficient (Wildman–Crippen LogP) is 3.67. The van der Waals surface area contributed by atoms with Gasteiger partial charge in [-0.05, 0) is 49.2 Å². The zero-order chi connectivity index (χ0) is 22.4. The van der Waals surface area contributed by atoms with Crippen molar-refractivity contribution in [3.63, 3.8) is 0 Å². The van der Waals surface area contributed by atoms with E-state index in [0.717, 1.165) is 11.1 Å². The lowest BCUT2D eigenvalue weighted by Crippen LogP contribution is -2.22. The molecule has 2 aromatic carbocycles. The average molecular weight is 432 g/mol. The standard InChI is InChI=1S/C21H22ClN3O5/c1-11-5-12(2)20(18(22)6-11)25-19(28)10-30-21(29)15-7-16(23-13(3)26)9-17(8-15)24-14(4)27/h5-9H,10H2,1-4H3,(H,23,26)(H,24,27)(H,25,28). The lowest BCUT2D eigenvalue weighted by Gasteiger charge is -2.13. The molecule has 3 N–H and O–H groups in total. The second kappa shape index (κ2) is 9.89. The number of amides is 3. The van der Waals surface area contributed by atoms with Crippen LogP contribution in [0.1, 0.15) is 35.3 Å². The molecular formula is C21H22ClN3O5.